The van der Waals surface area contributed by atoms with Gasteiger partial charge in [0.05, 0.1) is 0 Å². The van der Waals surface area contributed by atoms with Crippen molar-refractivity contribution in [1.29, 1.82) is 0 Å². The summed E-state index contributed by atoms with van der Waals surface area (Å²) in [5.74, 6) is 0. The first-order chi connectivity index (χ1) is 19.8. The third kappa shape index (κ3) is 7.33. The molecule has 0 spiro atoms. The van der Waals surface area contributed by atoms with E-state index in [1.54, 1.807) is 0 Å². The van der Waals surface area contributed by atoms with Crippen molar-refractivity contribution in [3.63, 3.8) is 0 Å². The Morgan fingerprint density at radius 3 is 1.61 bits per heavy atom. The molecule has 41 heavy (non-hydrogen) atoms. The summed E-state index contributed by atoms with van der Waals surface area (Å²) >= 11 is 3.64. The number of pyridine rings is 1. The van der Waals surface area contributed by atoms with Crippen molar-refractivity contribution >= 4 is 34.1 Å². The Hall–Kier alpha value is -4.17. The molecule has 0 saturated carbocycles. The molecule has 206 valence electrons. The van der Waals surface area contributed by atoms with Crippen molar-refractivity contribution in [2.75, 3.05) is 0 Å². The number of aryl methyl sites for hydroxylation is 1. The van der Waals surface area contributed by atoms with Crippen LogP contribution in [0.1, 0.15) is 5.56 Å². The summed E-state index contributed by atoms with van der Waals surface area (Å²) in [7, 11) is -6.00. The molecule has 0 unspecified atom stereocenters. The number of benzene rings is 4. The van der Waals surface area contributed by atoms with Gasteiger partial charge in [-0.1, -0.05) is 82.7 Å². The van der Waals surface area contributed by atoms with Crippen molar-refractivity contribution < 1.29 is 21.8 Å². The molecule has 2 nitrogen and oxygen atoms in total. The summed E-state index contributed by atoms with van der Waals surface area (Å²) in [6.45, 7) is 0.864. The van der Waals surface area contributed by atoms with Gasteiger partial charge in [0.2, 0.25) is 11.4 Å². The highest BCUT2D eigenvalue weighted by Crippen LogP contribution is 2.30. The highest BCUT2D eigenvalue weighted by Gasteiger charge is 2.23. The fourth-order valence-electron chi connectivity index (χ4n) is 4.95. The molecule has 0 radical (unpaired) electrons. The van der Waals surface area contributed by atoms with E-state index in [2.05, 4.69) is 153 Å². The third-order valence-corrected chi connectivity index (χ3v) is 7.24. The van der Waals surface area contributed by atoms with Gasteiger partial charge in [0.15, 0.2) is 6.54 Å². The van der Waals surface area contributed by atoms with E-state index >= 15 is 0 Å². The minimum absolute atomic E-state index is 0.864. The standard InChI is InChI=1S/C33H26BrN2.BF4/c34-29-16-17-31-30(22-29)27(23-35-31)18-19-36-32(25-12-6-2-7-13-25)20-28(24-10-4-1-5-11-24)21-33(36)26-14-8-3-9-15-26;2-1(3,4)5/h1-17,20-23,35H,18-19H2;/q+1;-1. The number of nitrogens with one attached hydrogen (secondary N) is 1. The zero-order valence-electron chi connectivity index (χ0n) is 22.0. The number of fused-ring (bicyclic) bond motifs is 1. The van der Waals surface area contributed by atoms with E-state index in [9.17, 15) is 17.3 Å². The van der Waals surface area contributed by atoms with E-state index in [1.165, 1.54) is 50.1 Å². The predicted octanol–water partition coefficient (Wildman–Crippen LogP) is 9.76. The van der Waals surface area contributed by atoms with E-state index in [-0.39, 0.29) is 0 Å². The number of H-pyrrole nitrogens is 1. The molecule has 0 aliphatic carbocycles. The van der Waals surface area contributed by atoms with Crippen LogP contribution in [0.4, 0.5) is 17.3 Å². The van der Waals surface area contributed by atoms with Crippen molar-refractivity contribution in [2.45, 2.75) is 13.0 Å². The van der Waals surface area contributed by atoms with E-state index in [0.717, 1.165) is 17.4 Å². The largest absolute Gasteiger partial charge is 0.673 e. The Labute approximate surface area is 244 Å². The summed E-state index contributed by atoms with van der Waals surface area (Å²) in [5, 5.41) is 1.27. The second-order valence-corrected chi connectivity index (χ2v) is 10.4. The summed E-state index contributed by atoms with van der Waals surface area (Å²) < 4.78 is 42.6. The minimum Gasteiger partial charge on any atom is -0.418 e. The van der Waals surface area contributed by atoms with Crippen LogP contribution >= 0.6 is 15.9 Å². The number of rotatable bonds is 6. The molecule has 0 amide bonds. The van der Waals surface area contributed by atoms with E-state index in [1.807, 2.05) is 0 Å². The third-order valence-electron chi connectivity index (χ3n) is 6.75. The van der Waals surface area contributed by atoms with Gasteiger partial charge in [0, 0.05) is 51.3 Å². The Balaban J connectivity index is 0.000000623. The monoisotopic (exact) mass is 616 g/mol. The maximum absolute atomic E-state index is 9.75. The zero-order valence-corrected chi connectivity index (χ0v) is 23.5. The molecule has 8 heteroatoms. The SMILES string of the molecule is Brc1ccc2[nH]cc(CC[n+]3c(-c4ccccc4)cc(-c4ccccc4)cc3-c3ccccc3)c2c1.F[B-](F)(F)F. The van der Waals surface area contributed by atoms with Gasteiger partial charge < -0.3 is 22.2 Å². The normalized spacial score (nSPS) is 11.2. The lowest BCUT2D eigenvalue weighted by molar-refractivity contribution is -0.674. The highest BCUT2D eigenvalue weighted by atomic mass is 79.9. The first-order valence-electron chi connectivity index (χ1n) is 13.1. The van der Waals surface area contributed by atoms with Crippen LogP contribution in [-0.4, -0.2) is 12.2 Å². The van der Waals surface area contributed by atoms with Crippen LogP contribution in [0.5, 0.6) is 0 Å². The van der Waals surface area contributed by atoms with Gasteiger partial charge in [0.25, 0.3) is 0 Å². The Kier molecular flexibility index (Phi) is 8.69. The van der Waals surface area contributed by atoms with Gasteiger partial charge in [-0.25, -0.2) is 0 Å². The van der Waals surface area contributed by atoms with Crippen molar-refractivity contribution in [3.05, 3.63) is 138 Å². The Morgan fingerprint density at radius 2 is 1.10 bits per heavy atom. The molecule has 0 bridgehead atoms. The lowest BCUT2D eigenvalue weighted by Gasteiger charge is -2.13. The molecular weight excluding hydrogens is 591 g/mol. The van der Waals surface area contributed by atoms with Gasteiger partial charge in [-0.3, -0.25) is 0 Å². The molecule has 2 aromatic heterocycles. The Bertz CT molecular complexity index is 1670. The maximum Gasteiger partial charge on any atom is 0.673 e. The van der Waals surface area contributed by atoms with Crippen molar-refractivity contribution in [3.8, 4) is 33.6 Å². The molecule has 0 saturated heterocycles. The molecule has 1 N–H and O–H groups in total. The number of aromatic nitrogens is 2. The fourth-order valence-corrected chi connectivity index (χ4v) is 5.31. The van der Waals surface area contributed by atoms with Crippen LogP contribution < -0.4 is 4.57 Å². The average Bonchev–Trinajstić information content (AvgIpc) is 3.38. The number of hydrogen-bond donors (Lipinski definition) is 1. The predicted molar refractivity (Wildman–Crippen MR) is 163 cm³/mol. The van der Waals surface area contributed by atoms with Crippen LogP contribution in [0.3, 0.4) is 0 Å². The number of hydrogen-bond acceptors (Lipinski definition) is 0. The lowest BCUT2D eigenvalue weighted by Crippen LogP contribution is -2.40. The van der Waals surface area contributed by atoms with Crippen molar-refractivity contribution in [2.24, 2.45) is 0 Å². The fraction of sp³-hybridized carbons (Fsp3) is 0.0606. The van der Waals surface area contributed by atoms with E-state index in [4.69, 9.17) is 0 Å². The zero-order chi connectivity index (χ0) is 28.8. The number of aromatic amines is 1. The molecular formula is C33H26BBrF4N2. The van der Waals surface area contributed by atoms with Crippen LogP contribution in [0.25, 0.3) is 44.5 Å². The lowest BCUT2D eigenvalue weighted by atomic mass is 9.98. The average molecular weight is 617 g/mol. The summed E-state index contributed by atoms with van der Waals surface area (Å²) in [6.07, 6.45) is 3.08. The maximum atomic E-state index is 9.75. The van der Waals surface area contributed by atoms with Crippen molar-refractivity contribution in [1.82, 2.24) is 4.98 Å². The van der Waals surface area contributed by atoms with Gasteiger partial charge >= 0.3 is 7.25 Å². The second-order valence-electron chi connectivity index (χ2n) is 9.51. The number of halogens is 5. The summed E-state index contributed by atoms with van der Waals surface area (Å²) in [4.78, 5) is 3.44. The summed E-state index contributed by atoms with van der Waals surface area (Å²) in [6, 6.07) is 43.2. The van der Waals surface area contributed by atoms with Crippen LogP contribution in [0, 0.1) is 0 Å². The molecule has 0 atom stereocenters. The first-order valence-corrected chi connectivity index (χ1v) is 13.9. The molecule has 0 fully saturated rings. The van der Waals surface area contributed by atoms with Crippen LogP contribution in [-0.2, 0) is 13.0 Å². The first kappa shape index (κ1) is 28.4. The van der Waals surface area contributed by atoms with E-state index in [0.29, 0.717) is 0 Å². The molecule has 4 aromatic carbocycles. The minimum atomic E-state index is -6.00. The smallest absolute Gasteiger partial charge is 0.418 e. The summed E-state index contributed by atoms with van der Waals surface area (Å²) in [5.41, 5.74) is 9.81. The van der Waals surface area contributed by atoms with Gasteiger partial charge in [0.1, 0.15) is 0 Å². The quantitative estimate of drug-likeness (QED) is 0.109. The van der Waals surface area contributed by atoms with Gasteiger partial charge in [-0.2, -0.15) is 4.57 Å². The molecule has 0 aliphatic heterocycles. The molecule has 2 heterocycles. The van der Waals surface area contributed by atoms with Crippen LogP contribution in [0.15, 0.2) is 132 Å². The van der Waals surface area contributed by atoms with E-state index < -0.39 is 7.25 Å². The van der Waals surface area contributed by atoms with Crippen LogP contribution in [0.2, 0.25) is 0 Å². The highest BCUT2D eigenvalue weighted by molar-refractivity contribution is 9.10. The Morgan fingerprint density at radius 1 is 0.610 bits per heavy atom. The molecule has 6 rings (SSSR count). The topological polar surface area (TPSA) is 19.7 Å². The molecule has 6 aromatic rings. The number of nitrogens with zero attached hydrogens (tertiary/aromatic N) is 1. The van der Waals surface area contributed by atoms with Gasteiger partial charge in [-0.05, 0) is 59.2 Å². The molecule has 0 aliphatic rings. The second kappa shape index (κ2) is 12.6. The van der Waals surface area contributed by atoms with Gasteiger partial charge in [-0.15, -0.1) is 0 Å².